The fraction of sp³-hybridized carbons (Fsp3) is 0. The van der Waals surface area contributed by atoms with E-state index >= 15 is 0 Å². The SMILES string of the molecule is Brc1ccc(-c2cc3ccccc3c3c2cnc2ccccc23)cc1. The van der Waals surface area contributed by atoms with Crippen LogP contribution < -0.4 is 0 Å². The molecule has 0 aliphatic heterocycles. The summed E-state index contributed by atoms with van der Waals surface area (Å²) in [4.78, 5) is 4.71. The van der Waals surface area contributed by atoms with Crippen molar-refractivity contribution in [2.45, 2.75) is 0 Å². The van der Waals surface area contributed by atoms with Crippen molar-refractivity contribution in [3.05, 3.63) is 89.5 Å². The second kappa shape index (κ2) is 5.68. The number of para-hydroxylation sites is 1. The number of hydrogen-bond donors (Lipinski definition) is 0. The van der Waals surface area contributed by atoms with E-state index in [1.54, 1.807) is 0 Å². The Morgan fingerprint density at radius 1 is 0.680 bits per heavy atom. The molecule has 2 heteroatoms. The Hall–Kier alpha value is -2.71. The van der Waals surface area contributed by atoms with Gasteiger partial charge in [0.1, 0.15) is 0 Å². The summed E-state index contributed by atoms with van der Waals surface area (Å²) in [6.07, 6.45) is 2.02. The third-order valence-electron chi connectivity index (χ3n) is 4.75. The minimum Gasteiger partial charge on any atom is -0.256 e. The summed E-state index contributed by atoms with van der Waals surface area (Å²) in [5.74, 6) is 0. The van der Waals surface area contributed by atoms with Crippen molar-refractivity contribution < 1.29 is 0 Å². The summed E-state index contributed by atoms with van der Waals surface area (Å²) in [7, 11) is 0. The quantitative estimate of drug-likeness (QED) is 0.284. The molecule has 0 amide bonds. The lowest BCUT2D eigenvalue weighted by Gasteiger charge is -2.13. The molecule has 0 unspecified atom stereocenters. The number of nitrogens with zero attached hydrogens (tertiary/aromatic N) is 1. The number of pyridine rings is 1. The molecule has 1 nitrogen and oxygen atoms in total. The molecule has 25 heavy (non-hydrogen) atoms. The molecule has 0 aliphatic rings. The van der Waals surface area contributed by atoms with E-state index in [1.807, 2.05) is 12.3 Å². The molecule has 5 rings (SSSR count). The minimum atomic E-state index is 1.04. The first kappa shape index (κ1) is 14.6. The van der Waals surface area contributed by atoms with E-state index in [9.17, 15) is 0 Å². The Labute approximate surface area is 154 Å². The molecule has 1 heterocycles. The summed E-state index contributed by atoms with van der Waals surface area (Å²) in [5.41, 5.74) is 3.46. The van der Waals surface area contributed by atoms with Crippen LogP contribution in [-0.2, 0) is 0 Å². The van der Waals surface area contributed by atoms with Crippen LogP contribution in [0.5, 0.6) is 0 Å². The van der Waals surface area contributed by atoms with Gasteiger partial charge in [0.25, 0.3) is 0 Å². The second-order valence-electron chi connectivity index (χ2n) is 6.22. The maximum atomic E-state index is 4.71. The van der Waals surface area contributed by atoms with Crippen LogP contribution >= 0.6 is 15.9 Å². The second-order valence-corrected chi connectivity index (χ2v) is 7.13. The van der Waals surface area contributed by atoms with Gasteiger partial charge in [-0.2, -0.15) is 0 Å². The fourth-order valence-corrected chi connectivity index (χ4v) is 3.85. The number of benzene rings is 4. The monoisotopic (exact) mass is 383 g/mol. The minimum absolute atomic E-state index is 1.04. The van der Waals surface area contributed by atoms with Gasteiger partial charge in [-0.1, -0.05) is 70.5 Å². The highest BCUT2D eigenvalue weighted by Gasteiger charge is 2.11. The third-order valence-corrected chi connectivity index (χ3v) is 5.28. The first-order valence-electron chi connectivity index (χ1n) is 8.26. The summed E-state index contributed by atoms with van der Waals surface area (Å²) >= 11 is 3.53. The van der Waals surface area contributed by atoms with E-state index in [-0.39, 0.29) is 0 Å². The highest BCUT2D eigenvalue weighted by Crippen LogP contribution is 2.38. The predicted molar refractivity (Wildman–Crippen MR) is 110 cm³/mol. The first-order chi connectivity index (χ1) is 12.3. The molecule has 118 valence electrons. The zero-order chi connectivity index (χ0) is 16.8. The molecule has 0 N–H and O–H groups in total. The zero-order valence-corrected chi connectivity index (χ0v) is 15.0. The molecule has 1 aromatic heterocycles. The molecular weight excluding hydrogens is 370 g/mol. The van der Waals surface area contributed by atoms with Crippen LogP contribution in [0.15, 0.2) is 89.5 Å². The van der Waals surface area contributed by atoms with Crippen LogP contribution in [0.4, 0.5) is 0 Å². The fourth-order valence-electron chi connectivity index (χ4n) is 3.59. The Morgan fingerprint density at radius 3 is 2.24 bits per heavy atom. The van der Waals surface area contributed by atoms with Crippen LogP contribution in [0.2, 0.25) is 0 Å². The van der Waals surface area contributed by atoms with Gasteiger partial charge in [-0.15, -0.1) is 0 Å². The molecule has 0 bridgehead atoms. The maximum absolute atomic E-state index is 4.71. The molecule has 0 atom stereocenters. The van der Waals surface area contributed by atoms with Crippen LogP contribution in [0.3, 0.4) is 0 Å². The van der Waals surface area contributed by atoms with E-state index < -0.39 is 0 Å². The molecule has 0 saturated heterocycles. The summed E-state index contributed by atoms with van der Waals surface area (Å²) in [6, 6.07) is 27.7. The molecular formula is C23H14BrN. The van der Waals surface area contributed by atoms with Gasteiger partial charge < -0.3 is 0 Å². The van der Waals surface area contributed by atoms with Gasteiger partial charge in [0.05, 0.1) is 5.52 Å². The number of halogens is 1. The maximum Gasteiger partial charge on any atom is 0.0708 e. The smallest absolute Gasteiger partial charge is 0.0708 e. The third kappa shape index (κ3) is 2.33. The summed E-state index contributed by atoms with van der Waals surface area (Å²) in [5, 5.41) is 6.21. The van der Waals surface area contributed by atoms with Gasteiger partial charge in [-0.3, -0.25) is 4.98 Å². The Kier molecular flexibility index (Phi) is 3.32. The van der Waals surface area contributed by atoms with Crippen molar-refractivity contribution in [2.24, 2.45) is 0 Å². The molecule has 5 aromatic rings. The standard InChI is InChI=1S/C23H14BrN/c24-17-11-9-15(10-12-17)20-13-16-5-1-2-6-18(16)23-19-7-3-4-8-22(19)25-14-21(20)23/h1-14H. The topological polar surface area (TPSA) is 12.9 Å². The molecule has 0 aliphatic carbocycles. The average Bonchev–Trinajstić information content (AvgIpc) is 2.67. The van der Waals surface area contributed by atoms with Gasteiger partial charge in [-0.25, -0.2) is 0 Å². The lowest BCUT2D eigenvalue weighted by atomic mass is 9.92. The van der Waals surface area contributed by atoms with Crippen molar-refractivity contribution in [3.8, 4) is 11.1 Å². The molecule has 0 spiro atoms. The van der Waals surface area contributed by atoms with Crippen molar-refractivity contribution >= 4 is 48.4 Å². The lowest BCUT2D eigenvalue weighted by molar-refractivity contribution is 1.45. The number of fused-ring (bicyclic) bond motifs is 5. The number of aromatic nitrogens is 1. The van der Waals surface area contributed by atoms with Crippen LogP contribution in [0, 0.1) is 0 Å². The van der Waals surface area contributed by atoms with Gasteiger partial charge in [0, 0.05) is 26.8 Å². The van der Waals surface area contributed by atoms with E-state index in [2.05, 4.69) is 88.7 Å². The molecule has 0 fully saturated rings. The number of rotatable bonds is 1. The average molecular weight is 384 g/mol. The lowest BCUT2D eigenvalue weighted by Crippen LogP contribution is -1.88. The Bertz CT molecular complexity index is 1220. The van der Waals surface area contributed by atoms with E-state index in [4.69, 9.17) is 4.98 Å². The first-order valence-corrected chi connectivity index (χ1v) is 9.06. The van der Waals surface area contributed by atoms with Crippen LogP contribution in [0.25, 0.3) is 43.6 Å². The Morgan fingerprint density at radius 2 is 1.40 bits per heavy atom. The highest BCUT2D eigenvalue weighted by molar-refractivity contribution is 9.10. The predicted octanol–water partition coefficient (Wildman–Crippen LogP) is 6.97. The van der Waals surface area contributed by atoms with Crippen molar-refractivity contribution in [1.29, 1.82) is 0 Å². The summed E-state index contributed by atoms with van der Waals surface area (Å²) < 4.78 is 1.09. The zero-order valence-electron chi connectivity index (χ0n) is 13.4. The van der Waals surface area contributed by atoms with E-state index in [0.717, 1.165) is 9.99 Å². The summed E-state index contributed by atoms with van der Waals surface area (Å²) in [6.45, 7) is 0. The van der Waals surface area contributed by atoms with Crippen molar-refractivity contribution in [2.75, 3.05) is 0 Å². The normalized spacial score (nSPS) is 11.4. The molecule has 0 radical (unpaired) electrons. The van der Waals surface area contributed by atoms with Crippen molar-refractivity contribution in [3.63, 3.8) is 0 Å². The van der Waals surface area contributed by atoms with E-state index in [0.29, 0.717) is 0 Å². The van der Waals surface area contributed by atoms with E-state index in [1.165, 1.54) is 38.1 Å². The van der Waals surface area contributed by atoms with Gasteiger partial charge >= 0.3 is 0 Å². The van der Waals surface area contributed by atoms with Crippen LogP contribution in [-0.4, -0.2) is 4.98 Å². The Balaban J connectivity index is 2.01. The van der Waals surface area contributed by atoms with Crippen LogP contribution in [0.1, 0.15) is 0 Å². The van der Waals surface area contributed by atoms with Gasteiger partial charge in [0.2, 0.25) is 0 Å². The largest absolute Gasteiger partial charge is 0.256 e. The molecule has 0 saturated carbocycles. The highest BCUT2D eigenvalue weighted by atomic mass is 79.9. The van der Waals surface area contributed by atoms with Gasteiger partial charge in [0.15, 0.2) is 0 Å². The number of hydrogen-bond acceptors (Lipinski definition) is 1. The molecule has 4 aromatic carbocycles. The van der Waals surface area contributed by atoms with Crippen molar-refractivity contribution in [1.82, 2.24) is 4.98 Å². The van der Waals surface area contributed by atoms with Gasteiger partial charge in [-0.05, 0) is 46.2 Å².